The molecule has 0 radical (unpaired) electrons. The van der Waals surface area contributed by atoms with E-state index in [1.807, 2.05) is 0 Å². The van der Waals surface area contributed by atoms with Crippen LogP contribution >= 0.6 is 0 Å². The van der Waals surface area contributed by atoms with E-state index in [0.29, 0.717) is 18.2 Å². The molecule has 0 amide bonds. The molecule has 0 fully saturated rings. The largest absolute Gasteiger partial charge is 0.489 e. The maximum atomic E-state index is 14.9. The van der Waals surface area contributed by atoms with Gasteiger partial charge < -0.3 is 9.57 Å². The van der Waals surface area contributed by atoms with Crippen molar-refractivity contribution in [2.24, 2.45) is 5.92 Å². The molecule has 28 heavy (non-hydrogen) atoms. The molecular formula is C20H24F3N3O2. The van der Waals surface area contributed by atoms with E-state index in [1.54, 1.807) is 0 Å². The average molecular weight is 395 g/mol. The zero-order valence-corrected chi connectivity index (χ0v) is 15.8. The summed E-state index contributed by atoms with van der Waals surface area (Å²) < 4.78 is 46.4. The standard InChI is InChI=1S/C20H24F3N3O2/c1-4-14(3)12-24-26(5-2)19-11-10-18(21)17(20(19)22)13-27-15-6-8-16(9-7-15)28-25-23/h5-11,14,24-25H,2,4,12-13H2,1,3H3/t14-/m1/s1. The lowest BCUT2D eigenvalue weighted by atomic mass is 10.1. The highest BCUT2D eigenvalue weighted by Crippen LogP contribution is 2.26. The molecule has 2 rings (SSSR count). The Morgan fingerprint density at radius 1 is 1.14 bits per heavy atom. The van der Waals surface area contributed by atoms with Gasteiger partial charge in [-0.3, -0.25) is 5.01 Å². The van der Waals surface area contributed by atoms with Crippen LogP contribution in [0.5, 0.6) is 11.5 Å². The Bertz CT molecular complexity index is 772. The highest BCUT2D eigenvalue weighted by Gasteiger charge is 2.18. The van der Waals surface area contributed by atoms with Gasteiger partial charge in [0.25, 0.3) is 0 Å². The Hall–Kier alpha value is -2.71. The molecule has 0 saturated heterocycles. The van der Waals surface area contributed by atoms with E-state index < -0.39 is 11.6 Å². The Labute approximate surface area is 162 Å². The van der Waals surface area contributed by atoms with Gasteiger partial charge in [-0.25, -0.2) is 14.2 Å². The van der Waals surface area contributed by atoms with Crippen molar-refractivity contribution in [3.63, 3.8) is 0 Å². The van der Waals surface area contributed by atoms with Crippen molar-refractivity contribution in [1.29, 1.82) is 0 Å². The van der Waals surface area contributed by atoms with Crippen LogP contribution < -0.4 is 25.7 Å². The highest BCUT2D eigenvalue weighted by molar-refractivity contribution is 5.52. The molecule has 0 unspecified atom stereocenters. The third-order valence-corrected chi connectivity index (χ3v) is 4.28. The summed E-state index contributed by atoms with van der Waals surface area (Å²) in [6.07, 6.45) is 2.40. The predicted octanol–water partition coefficient (Wildman–Crippen LogP) is 4.81. The lowest BCUT2D eigenvalue weighted by Gasteiger charge is -2.24. The van der Waals surface area contributed by atoms with Gasteiger partial charge in [0.15, 0.2) is 11.6 Å². The molecule has 0 aliphatic heterocycles. The minimum Gasteiger partial charge on any atom is -0.489 e. The summed E-state index contributed by atoms with van der Waals surface area (Å²) in [6, 6.07) is 8.41. The molecule has 0 heterocycles. The van der Waals surface area contributed by atoms with E-state index in [-0.39, 0.29) is 23.6 Å². The first-order valence-electron chi connectivity index (χ1n) is 8.87. The quantitative estimate of drug-likeness (QED) is 0.422. The van der Waals surface area contributed by atoms with Crippen LogP contribution in [0, 0.1) is 17.6 Å². The molecule has 1 atom stereocenters. The van der Waals surface area contributed by atoms with Gasteiger partial charge in [-0.15, -0.1) is 0 Å². The number of nitrogens with one attached hydrogen (secondary N) is 2. The van der Waals surface area contributed by atoms with Gasteiger partial charge in [0, 0.05) is 18.4 Å². The van der Waals surface area contributed by atoms with Gasteiger partial charge in [0.05, 0.1) is 11.3 Å². The first kappa shape index (κ1) is 21.6. The van der Waals surface area contributed by atoms with Gasteiger partial charge >= 0.3 is 0 Å². The summed E-state index contributed by atoms with van der Waals surface area (Å²) in [5.74, 6) is -0.491. The minimum absolute atomic E-state index is 0.149. The first-order chi connectivity index (χ1) is 13.5. The SMILES string of the molecule is C=CN(NC[C@H](C)CC)c1ccc(F)c(COc2ccc(ONF)cc2)c1F. The zero-order chi connectivity index (χ0) is 20.5. The summed E-state index contributed by atoms with van der Waals surface area (Å²) in [4.78, 5) is 4.45. The number of anilines is 1. The number of halogens is 3. The molecule has 0 aliphatic carbocycles. The normalized spacial score (nSPS) is 11.8. The second-order valence-corrected chi connectivity index (χ2v) is 6.23. The van der Waals surface area contributed by atoms with Gasteiger partial charge in [-0.2, -0.15) is 0 Å². The third kappa shape index (κ3) is 5.64. The summed E-state index contributed by atoms with van der Waals surface area (Å²) in [7, 11) is 0. The van der Waals surface area contributed by atoms with Gasteiger partial charge in [0.1, 0.15) is 18.2 Å². The molecule has 0 aromatic heterocycles. The first-order valence-corrected chi connectivity index (χ1v) is 8.87. The Kier molecular flexibility index (Phi) is 8.16. The molecular weight excluding hydrogens is 371 g/mol. The Morgan fingerprint density at radius 3 is 2.43 bits per heavy atom. The van der Waals surface area contributed by atoms with Crippen LogP contribution in [0.15, 0.2) is 49.2 Å². The molecule has 0 bridgehead atoms. The van der Waals surface area contributed by atoms with E-state index in [9.17, 15) is 13.3 Å². The fourth-order valence-corrected chi connectivity index (χ4v) is 2.35. The lowest BCUT2D eigenvalue weighted by molar-refractivity contribution is 0.0450. The van der Waals surface area contributed by atoms with Crippen molar-refractivity contribution in [2.45, 2.75) is 26.9 Å². The van der Waals surface area contributed by atoms with Crippen molar-refractivity contribution >= 4 is 5.69 Å². The van der Waals surface area contributed by atoms with E-state index in [1.165, 1.54) is 47.6 Å². The lowest BCUT2D eigenvalue weighted by Crippen LogP contribution is -2.37. The summed E-state index contributed by atoms with van der Waals surface area (Å²) in [5, 5.41) is 1.43. The summed E-state index contributed by atoms with van der Waals surface area (Å²) in [5.41, 5.74) is 4.08. The fourth-order valence-electron chi connectivity index (χ4n) is 2.35. The summed E-state index contributed by atoms with van der Waals surface area (Å²) in [6.45, 7) is 8.11. The van der Waals surface area contributed by atoms with Crippen LogP contribution in [0.25, 0.3) is 0 Å². The molecule has 2 aromatic carbocycles. The van der Waals surface area contributed by atoms with E-state index >= 15 is 0 Å². The van der Waals surface area contributed by atoms with Crippen LogP contribution in [0.1, 0.15) is 25.8 Å². The minimum atomic E-state index is -0.738. The summed E-state index contributed by atoms with van der Waals surface area (Å²) >= 11 is 0. The van der Waals surface area contributed by atoms with E-state index in [0.717, 1.165) is 12.1 Å². The monoisotopic (exact) mass is 395 g/mol. The Balaban J connectivity index is 2.13. The second kappa shape index (κ2) is 10.6. The van der Waals surface area contributed by atoms with Crippen LogP contribution in [0.3, 0.4) is 0 Å². The molecule has 5 nitrogen and oxygen atoms in total. The van der Waals surface area contributed by atoms with Crippen LogP contribution in [-0.2, 0) is 6.61 Å². The second-order valence-electron chi connectivity index (χ2n) is 6.23. The molecule has 152 valence electrons. The molecule has 0 spiro atoms. The van der Waals surface area contributed by atoms with Crippen molar-refractivity contribution in [3.8, 4) is 11.5 Å². The van der Waals surface area contributed by atoms with E-state index in [4.69, 9.17) is 4.74 Å². The number of hydrazine groups is 1. The van der Waals surface area contributed by atoms with Crippen LogP contribution in [0.4, 0.5) is 18.9 Å². The average Bonchev–Trinajstić information content (AvgIpc) is 2.70. The Morgan fingerprint density at radius 2 is 1.82 bits per heavy atom. The number of nitrogens with zero attached hydrogens (tertiary/aromatic N) is 1. The molecule has 2 N–H and O–H groups in total. The van der Waals surface area contributed by atoms with Crippen molar-refractivity contribution in [3.05, 3.63) is 66.4 Å². The number of rotatable bonds is 11. The molecule has 8 heteroatoms. The van der Waals surface area contributed by atoms with Crippen molar-refractivity contribution in [2.75, 3.05) is 11.6 Å². The fraction of sp³-hybridized carbons (Fsp3) is 0.300. The number of benzene rings is 2. The molecule has 2 aromatic rings. The number of hydrogen-bond donors (Lipinski definition) is 2. The maximum Gasteiger partial charge on any atom is 0.157 e. The van der Waals surface area contributed by atoms with Crippen molar-refractivity contribution < 1.29 is 22.8 Å². The number of ether oxygens (including phenoxy) is 1. The zero-order valence-electron chi connectivity index (χ0n) is 15.8. The van der Waals surface area contributed by atoms with Crippen molar-refractivity contribution in [1.82, 2.24) is 11.1 Å². The highest BCUT2D eigenvalue weighted by atomic mass is 19.2. The maximum absolute atomic E-state index is 14.9. The van der Waals surface area contributed by atoms with Crippen LogP contribution in [0.2, 0.25) is 0 Å². The van der Waals surface area contributed by atoms with Gasteiger partial charge in [-0.05, 0) is 42.3 Å². The third-order valence-electron chi connectivity index (χ3n) is 4.28. The smallest absolute Gasteiger partial charge is 0.157 e. The molecule has 0 aliphatic rings. The number of hydrogen-bond acceptors (Lipinski definition) is 5. The van der Waals surface area contributed by atoms with Gasteiger partial charge in [0.2, 0.25) is 0 Å². The topological polar surface area (TPSA) is 45.8 Å². The predicted molar refractivity (Wildman–Crippen MR) is 102 cm³/mol. The van der Waals surface area contributed by atoms with Gasteiger partial charge in [-0.1, -0.05) is 31.3 Å². The molecule has 0 saturated carbocycles. The van der Waals surface area contributed by atoms with Crippen LogP contribution in [-0.4, -0.2) is 6.54 Å². The van der Waals surface area contributed by atoms with E-state index in [2.05, 4.69) is 30.7 Å².